The number of hydrogen-bond donors (Lipinski definition) is 0. The van der Waals surface area contributed by atoms with Gasteiger partial charge in [-0.25, -0.2) is 13.4 Å². The largest absolute Gasteiger partial charge is 0.377 e. The molecule has 1 aliphatic rings. The highest BCUT2D eigenvalue weighted by Crippen LogP contribution is 2.23. The smallest absolute Gasteiger partial charge is 0.161 e. The molecule has 0 saturated carbocycles. The van der Waals surface area contributed by atoms with Gasteiger partial charge in [0.15, 0.2) is 9.84 Å². The van der Waals surface area contributed by atoms with Crippen molar-refractivity contribution in [3.05, 3.63) is 36.3 Å². The molecule has 2 atom stereocenters. The summed E-state index contributed by atoms with van der Waals surface area (Å²) in [4.78, 5) is 4.34. The average molecular weight is 280 g/mol. The normalized spacial score (nSPS) is 24.1. The van der Waals surface area contributed by atoms with Gasteiger partial charge < -0.3 is 9.14 Å². The Labute approximate surface area is 112 Å². The fourth-order valence-corrected chi connectivity index (χ4v) is 4.44. The molecule has 3 heterocycles. The SMILES string of the molecule is C[C@H]1OCC[C@@H]1S(=O)(=O)Cc1cn2ccccc2n1. The second-order valence-corrected chi connectivity index (χ2v) is 7.13. The average Bonchev–Trinajstić information content (AvgIpc) is 2.93. The molecule has 6 heteroatoms. The molecule has 0 N–H and O–H groups in total. The molecule has 5 nitrogen and oxygen atoms in total. The Bertz CT molecular complexity index is 660. The molecule has 0 spiro atoms. The number of fused-ring (bicyclic) bond motifs is 1. The predicted molar refractivity (Wildman–Crippen MR) is 71.6 cm³/mol. The van der Waals surface area contributed by atoms with Crippen LogP contribution in [0.2, 0.25) is 0 Å². The van der Waals surface area contributed by atoms with Crippen LogP contribution in [0.5, 0.6) is 0 Å². The van der Waals surface area contributed by atoms with Gasteiger partial charge in [0.25, 0.3) is 0 Å². The van der Waals surface area contributed by atoms with Crippen LogP contribution in [0, 0.1) is 0 Å². The molecule has 1 fully saturated rings. The maximum atomic E-state index is 12.4. The molecule has 102 valence electrons. The van der Waals surface area contributed by atoms with Crippen LogP contribution in [0.1, 0.15) is 19.0 Å². The fraction of sp³-hybridized carbons (Fsp3) is 0.462. The van der Waals surface area contributed by atoms with E-state index in [1.54, 1.807) is 6.20 Å². The molecule has 0 radical (unpaired) electrons. The number of pyridine rings is 1. The summed E-state index contributed by atoms with van der Waals surface area (Å²) in [6.45, 7) is 2.34. The van der Waals surface area contributed by atoms with E-state index in [1.807, 2.05) is 35.7 Å². The summed E-state index contributed by atoms with van der Waals surface area (Å²) in [5.74, 6) is -0.0208. The quantitative estimate of drug-likeness (QED) is 0.853. The van der Waals surface area contributed by atoms with Crippen LogP contribution < -0.4 is 0 Å². The van der Waals surface area contributed by atoms with Crippen molar-refractivity contribution >= 4 is 15.5 Å². The second kappa shape index (κ2) is 4.61. The maximum Gasteiger partial charge on any atom is 0.161 e. The summed E-state index contributed by atoms with van der Waals surface area (Å²) in [5.41, 5.74) is 1.36. The summed E-state index contributed by atoms with van der Waals surface area (Å²) < 4.78 is 31.9. The van der Waals surface area contributed by atoms with E-state index in [2.05, 4.69) is 4.98 Å². The summed E-state index contributed by atoms with van der Waals surface area (Å²) in [6, 6.07) is 5.63. The van der Waals surface area contributed by atoms with Gasteiger partial charge >= 0.3 is 0 Å². The molecule has 0 bridgehead atoms. The number of ether oxygens (including phenoxy) is 1. The number of aromatic nitrogens is 2. The highest BCUT2D eigenvalue weighted by molar-refractivity contribution is 7.91. The molecule has 3 rings (SSSR count). The molecule has 1 aliphatic heterocycles. The molecule has 2 aromatic rings. The summed E-state index contributed by atoms with van der Waals surface area (Å²) in [5, 5.41) is -0.405. The van der Waals surface area contributed by atoms with Crippen molar-refractivity contribution in [3.63, 3.8) is 0 Å². The zero-order valence-corrected chi connectivity index (χ0v) is 11.5. The van der Waals surface area contributed by atoms with Gasteiger partial charge in [0.05, 0.1) is 22.8 Å². The predicted octanol–water partition coefficient (Wildman–Crippen LogP) is 1.43. The van der Waals surface area contributed by atoms with Crippen LogP contribution in [-0.4, -0.2) is 35.8 Å². The minimum atomic E-state index is -3.21. The topological polar surface area (TPSA) is 60.7 Å². The number of nitrogens with zero attached hydrogens (tertiary/aromatic N) is 2. The van der Waals surface area contributed by atoms with E-state index in [-0.39, 0.29) is 11.9 Å². The number of imidazole rings is 1. The molecular formula is C13H16N2O3S. The first-order chi connectivity index (χ1) is 9.06. The zero-order chi connectivity index (χ0) is 13.5. The van der Waals surface area contributed by atoms with Crippen molar-refractivity contribution in [2.45, 2.75) is 30.5 Å². The Morgan fingerprint density at radius 2 is 2.32 bits per heavy atom. The molecule has 0 aromatic carbocycles. The first-order valence-electron chi connectivity index (χ1n) is 6.32. The third-order valence-corrected chi connectivity index (χ3v) is 5.77. The van der Waals surface area contributed by atoms with Crippen molar-refractivity contribution in [3.8, 4) is 0 Å². The highest BCUT2D eigenvalue weighted by atomic mass is 32.2. The van der Waals surface area contributed by atoms with E-state index in [9.17, 15) is 8.42 Å². The Morgan fingerprint density at radius 1 is 1.47 bits per heavy atom. The number of sulfone groups is 1. The van der Waals surface area contributed by atoms with E-state index < -0.39 is 15.1 Å². The molecular weight excluding hydrogens is 264 g/mol. The van der Waals surface area contributed by atoms with Crippen molar-refractivity contribution in [1.29, 1.82) is 0 Å². The minimum Gasteiger partial charge on any atom is -0.377 e. The lowest BCUT2D eigenvalue weighted by Gasteiger charge is -2.13. The van der Waals surface area contributed by atoms with Crippen molar-refractivity contribution in [2.75, 3.05) is 6.61 Å². The van der Waals surface area contributed by atoms with E-state index in [4.69, 9.17) is 4.74 Å². The molecule has 0 aliphatic carbocycles. The van der Waals surface area contributed by atoms with Crippen molar-refractivity contribution in [1.82, 2.24) is 9.38 Å². The van der Waals surface area contributed by atoms with Crippen LogP contribution in [0.15, 0.2) is 30.6 Å². The Kier molecular flexibility index (Phi) is 3.06. The summed E-state index contributed by atoms with van der Waals surface area (Å²) in [6.07, 6.45) is 3.99. The Morgan fingerprint density at radius 3 is 3.00 bits per heavy atom. The molecule has 0 unspecified atom stereocenters. The van der Waals surface area contributed by atoms with Crippen molar-refractivity contribution < 1.29 is 13.2 Å². The van der Waals surface area contributed by atoms with Crippen LogP contribution in [0.25, 0.3) is 5.65 Å². The van der Waals surface area contributed by atoms with Gasteiger partial charge in [0.1, 0.15) is 5.65 Å². The Hall–Kier alpha value is -1.40. The lowest BCUT2D eigenvalue weighted by molar-refractivity contribution is 0.126. The molecule has 1 saturated heterocycles. The third-order valence-electron chi connectivity index (χ3n) is 3.53. The molecule has 2 aromatic heterocycles. The number of rotatable bonds is 3. The van der Waals surface area contributed by atoms with E-state index in [0.29, 0.717) is 18.7 Å². The molecule has 19 heavy (non-hydrogen) atoms. The van der Waals surface area contributed by atoms with Gasteiger partial charge in [0, 0.05) is 19.0 Å². The van der Waals surface area contributed by atoms with Gasteiger partial charge in [-0.05, 0) is 25.5 Å². The second-order valence-electron chi connectivity index (χ2n) is 4.91. The van der Waals surface area contributed by atoms with Crippen LogP contribution >= 0.6 is 0 Å². The van der Waals surface area contributed by atoms with Gasteiger partial charge in [-0.1, -0.05) is 6.07 Å². The monoisotopic (exact) mass is 280 g/mol. The maximum absolute atomic E-state index is 12.4. The van der Waals surface area contributed by atoms with Crippen LogP contribution in [-0.2, 0) is 20.3 Å². The number of hydrogen-bond acceptors (Lipinski definition) is 4. The van der Waals surface area contributed by atoms with E-state index >= 15 is 0 Å². The first-order valence-corrected chi connectivity index (χ1v) is 8.03. The standard InChI is InChI=1S/C13H16N2O3S/c1-10-12(5-7-18-10)19(16,17)9-11-8-15-6-3-2-4-13(15)14-11/h2-4,6,8,10,12H,5,7,9H2,1H3/t10-,12+/m1/s1. The third kappa shape index (κ3) is 2.37. The van der Waals surface area contributed by atoms with Crippen LogP contribution in [0.3, 0.4) is 0 Å². The van der Waals surface area contributed by atoms with E-state index in [1.165, 1.54) is 0 Å². The van der Waals surface area contributed by atoms with Gasteiger partial charge in [-0.2, -0.15) is 0 Å². The first kappa shape index (κ1) is 12.6. The van der Waals surface area contributed by atoms with E-state index in [0.717, 1.165) is 5.65 Å². The lowest BCUT2D eigenvalue weighted by atomic mass is 10.3. The lowest BCUT2D eigenvalue weighted by Crippen LogP contribution is -2.29. The molecule has 0 amide bonds. The van der Waals surface area contributed by atoms with Gasteiger partial charge in [-0.3, -0.25) is 0 Å². The van der Waals surface area contributed by atoms with Gasteiger partial charge in [0.2, 0.25) is 0 Å². The zero-order valence-electron chi connectivity index (χ0n) is 10.7. The van der Waals surface area contributed by atoms with Gasteiger partial charge in [-0.15, -0.1) is 0 Å². The fourth-order valence-electron chi connectivity index (χ4n) is 2.55. The Balaban J connectivity index is 1.87. The highest BCUT2D eigenvalue weighted by Gasteiger charge is 2.36. The minimum absolute atomic E-state index is 0.0208. The van der Waals surface area contributed by atoms with Crippen molar-refractivity contribution in [2.24, 2.45) is 0 Å². The summed E-state index contributed by atoms with van der Waals surface area (Å²) >= 11 is 0. The summed E-state index contributed by atoms with van der Waals surface area (Å²) in [7, 11) is -3.21. The van der Waals surface area contributed by atoms with Crippen LogP contribution in [0.4, 0.5) is 0 Å².